The van der Waals surface area contributed by atoms with Gasteiger partial charge in [0.2, 0.25) is 0 Å². The molecule has 2 rings (SSSR count). The van der Waals surface area contributed by atoms with Crippen molar-refractivity contribution < 1.29 is 23.9 Å². The van der Waals surface area contributed by atoms with E-state index in [0.717, 1.165) is 0 Å². The van der Waals surface area contributed by atoms with Gasteiger partial charge in [0.1, 0.15) is 6.04 Å². The van der Waals surface area contributed by atoms with E-state index in [2.05, 4.69) is 16.1 Å². The normalized spacial score (nSPS) is 11.0. The number of esters is 2. The van der Waals surface area contributed by atoms with E-state index >= 15 is 0 Å². The Morgan fingerprint density at radius 3 is 2.41 bits per heavy atom. The molecule has 0 aliphatic rings. The van der Waals surface area contributed by atoms with Gasteiger partial charge in [-0.3, -0.25) is 4.79 Å². The molecule has 0 bridgehead atoms. The number of hydrogen-bond acceptors (Lipinski definition) is 6. The molecule has 7 heteroatoms. The Morgan fingerprint density at radius 2 is 1.74 bits per heavy atom. The van der Waals surface area contributed by atoms with Gasteiger partial charge in [-0.1, -0.05) is 24.3 Å². The monoisotopic (exact) mass is 366 g/mol. The Morgan fingerprint density at radius 1 is 1.04 bits per heavy atom. The van der Waals surface area contributed by atoms with Gasteiger partial charge in [-0.15, -0.1) is 0 Å². The summed E-state index contributed by atoms with van der Waals surface area (Å²) in [6, 6.07) is 13.8. The van der Waals surface area contributed by atoms with E-state index in [9.17, 15) is 19.6 Å². The predicted molar refractivity (Wildman–Crippen MR) is 95.9 cm³/mol. The van der Waals surface area contributed by atoms with E-state index < -0.39 is 23.9 Å². The average Bonchev–Trinajstić information content (AvgIpc) is 2.72. The molecule has 0 saturated carbocycles. The number of methoxy groups -OCH3 is 2. The van der Waals surface area contributed by atoms with Crippen molar-refractivity contribution in [2.45, 2.75) is 12.5 Å². The summed E-state index contributed by atoms with van der Waals surface area (Å²) in [7, 11) is 2.46. The summed E-state index contributed by atoms with van der Waals surface area (Å²) in [6.45, 7) is 0. The SMILES string of the molecule is COC(=O)c1cccc(C(=O)N[C@H](Cc2ccccc2C#N)C(=O)OC)c1. The Kier molecular flexibility index (Phi) is 6.67. The molecule has 7 nitrogen and oxygen atoms in total. The fourth-order valence-electron chi connectivity index (χ4n) is 2.51. The van der Waals surface area contributed by atoms with Crippen molar-refractivity contribution in [2.24, 2.45) is 0 Å². The van der Waals surface area contributed by atoms with E-state index in [-0.39, 0.29) is 17.5 Å². The van der Waals surface area contributed by atoms with Crippen molar-refractivity contribution in [1.82, 2.24) is 5.32 Å². The third-order valence-corrected chi connectivity index (χ3v) is 3.90. The van der Waals surface area contributed by atoms with Gasteiger partial charge in [0.05, 0.1) is 31.4 Å². The highest BCUT2D eigenvalue weighted by Crippen LogP contribution is 2.12. The van der Waals surface area contributed by atoms with Crippen molar-refractivity contribution in [3.05, 3.63) is 70.8 Å². The second-order valence-corrected chi connectivity index (χ2v) is 5.59. The van der Waals surface area contributed by atoms with Crippen molar-refractivity contribution >= 4 is 17.8 Å². The van der Waals surface area contributed by atoms with Gasteiger partial charge in [-0.25, -0.2) is 9.59 Å². The number of hydrogen-bond donors (Lipinski definition) is 1. The number of ether oxygens (including phenoxy) is 2. The van der Waals surface area contributed by atoms with Crippen LogP contribution in [-0.2, 0) is 20.7 Å². The smallest absolute Gasteiger partial charge is 0.337 e. The van der Waals surface area contributed by atoms with Crippen LogP contribution in [0.25, 0.3) is 0 Å². The van der Waals surface area contributed by atoms with Crippen LogP contribution in [0.3, 0.4) is 0 Å². The van der Waals surface area contributed by atoms with Gasteiger partial charge in [0.15, 0.2) is 0 Å². The zero-order valence-electron chi connectivity index (χ0n) is 14.9. The predicted octanol–water partition coefficient (Wildman–Crippen LogP) is 1.86. The van der Waals surface area contributed by atoms with Crippen LogP contribution in [0, 0.1) is 11.3 Å². The molecule has 0 aliphatic carbocycles. The molecule has 0 unspecified atom stereocenters. The molecule has 2 aromatic carbocycles. The van der Waals surface area contributed by atoms with Gasteiger partial charge in [0, 0.05) is 12.0 Å². The Balaban J connectivity index is 2.24. The fourth-order valence-corrected chi connectivity index (χ4v) is 2.51. The Bertz CT molecular complexity index is 901. The standard InChI is InChI=1S/C20H18N2O5/c1-26-19(24)15-9-5-8-14(10-15)18(23)22-17(20(25)27-2)11-13-6-3-4-7-16(13)12-21/h3-10,17H,11H2,1-2H3,(H,22,23)/t17-/m1/s1. The van der Waals surface area contributed by atoms with Gasteiger partial charge >= 0.3 is 11.9 Å². The molecule has 0 radical (unpaired) electrons. The third-order valence-electron chi connectivity index (χ3n) is 3.90. The minimum Gasteiger partial charge on any atom is -0.467 e. The first-order valence-corrected chi connectivity index (χ1v) is 8.05. The fraction of sp³-hybridized carbons (Fsp3) is 0.200. The van der Waals surface area contributed by atoms with E-state index in [1.165, 1.54) is 32.4 Å². The number of benzene rings is 2. The molecule has 0 spiro atoms. The van der Waals surface area contributed by atoms with Crippen molar-refractivity contribution in [3.8, 4) is 6.07 Å². The Labute approximate surface area is 156 Å². The first kappa shape index (κ1) is 19.7. The molecule has 138 valence electrons. The first-order valence-electron chi connectivity index (χ1n) is 8.05. The lowest BCUT2D eigenvalue weighted by atomic mass is 10.0. The summed E-state index contributed by atoms with van der Waals surface area (Å²) in [6.07, 6.45) is 0.0961. The van der Waals surface area contributed by atoms with Crippen LogP contribution >= 0.6 is 0 Å². The summed E-state index contributed by atoms with van der Waals surface area (Å²) in [5.74, 6) is -1.76. The van der Waals surface area contributed by atoms with Crippen molar-refractivity contribution in [1.29, 1.82) is 5.26 Å². The molecule has 1 N–H and O–H groups in total. The molecule has 27 heavy (non-hydrogen) atoms. The largest absolute Gasteiger partial charge is 0.467 e. The zero-order valence-corrected chi connectivity index (χ0v) is 14.9. The highest BCUT2D eigenvalue weighted by atomic mass is 16.5. The van der Waals surface area contributed by atoms with Crippen molar-refractivity contribution in [3.63, 3.8) is 0 Å². The van der Waals surface area contributed by atoms with Crippen LogP contribution in [0.4, 0.5) is 0 Å². The van der Waals surface area contributed by atoms with Crippen molar-refractivity contribution in [2.75, 3.05) is 14.2 Å². The summed E-state index contributed by atoms with van der Waals surface area (Å²) in [4.78, 5) is 36.3. The minimum atomic E-state index is -0.987. The van der Waals surface area contributed by atoms with Crippen LogP contribution in [-0.4, -0.2) is 38.1 Å². The zero-order chi connectivity index (χ0) is 19.8. The van der Waals surface area contributed by atoms with Gasteiger partial charge in [-0.2, -0.15) is 5.26 Å². The number of carbonyl (C=O) groups is 3. The molecular weight excluding hydrogens is 348 g/mol. The number of carbonyl (C=O) groups excluding carboxylic acids is 3. The van der Waals surface area contributed by atoms with Crippen LogP contribution in [0.15, 0.2) is 48.5 Å². The van der Waals surface area contributed by atoms with Crippen LogP contribution < -0.4 is 5.32 Å². The highest BCUT2D eigenvalue weighted by Gasteiger charge is 2.24. The van der Waals surface area contributed by atoms with Crippen LogP contribution in [0.2, 0.25) is 0 Å². The van der Waals surface area contributed by atoms with Gasteiger partial charge < -0.3 is 14.8 Å². The number of nitrogens with one attached hydrogen (secondary N) is 1. The Hall–Kier alpha value is -3.66. The molecule has 0 aliphatic heterocycles. The summed E-state index contributed by atoms with van der Waals surface area (Å²) < 4.78 is 9.40. The summed E-state index contributed by atoms with van der Waals surface area (Å²) in [5, 5.41) is 11.8. The lowest BCUT2D eigenvalue weighted by molar-refractivity contribution is -0.142. The molecule has 0 fully saturated rings. The molecule has 1 amide bonds. The molecule has 2 aromatic rings. The molecular formula is C20H18N2O5. The molecule has 0 saturated heterocycles. The quantitative estimate of drug-likeness (QED) is 0.782. The number of nitriles is 1. The lowest BCUT2D eigenvalue weighted by Gasteiger charge is -2.17. The van der Waals surface area contributed by atoms with Gasteiger partial charge in [0.25, 0.3) is 5.91 Å². The van der Waals surface area contributed by atoms with E-state index in [1.54, 1.807) is 30.3 Å². The second-order valence-electron chi connectivity index (χ2n) is 5.59. The van der Waals surface area contributed by atoms with E-state index in [4.69, 9.17) is 4.74 Å². The maximum Gasteiger partial charge on any atom is 0.337 e. The topological polar surface area (TPSA) is 105 Å². The minimum absolute atomic E-state index is 0.0961. The number of amides is 1. The summed E-state index contributed by atoms with van der Waals surface area (Å²) >= 11 is 0. The number of nitrogens with zero attached hydrogens (tertiary/aromatic N) is 1. The molecule has 0 aromatic heterocycles. The van der Waals surface area contributed by atoms with E-state index in [0.29, 0.717) is 11.1 Å². The van der Waals surface area contributed by atoms with E-state index in [1.807, 2.05) is 0 Å². The molecule has 0 heterocycles. The third kappa shape index (κ3) is 4.92. The highest BCUT2D eigenvalue weighted by molar-refractivity contribution is 5.99. The maximum absolute atomic E-state index is 12.5. The summed E-state index contributed by atoms with van der Waals surface area (Å²) in [5.41, 5.74) is 1.43. The van der Waals surface area contributed by atoms with Crippen LogP contribution in [0.5, 0.6) is 0 Å². The average molecular weight is 366 g/mol. The molecule has 1 atom stereocenters. The van der Waals surface area contributed by atoms with Crippen LogP contribution in [0.1, 0.15) is 31.8 Å². The first-order chi connectivity index (χ1) is 13.0. The maximum atomic E-state index is 12.5. The lowest BCUT2D eigenvalue weighted by Crippen LogP contribution is -2.43. The number of rotatable bonds is 6. The second kappa shape index (κ2) is 9.15. The van der Waals surface area contributed by atoms with Gasteiger partial charge in [-0.05, 0) is 29.8 Å².